The van der Waals surface area contributed by atoms with E-state index < -0.39 is 0 Å². The van der Waals surface area contributed by atoms with Gasteiger partial charge in [0.2, 0.25) is 0 Å². The second-order valence-electron chi connectivity index (χ2n) is 8.04. The Morgan fingerprint density at radius 3 is 2.79 bits per heavy atom. The molecular formula is C22H22Cl3NO2. The number of benzene rings is 2. The van der Waals surface area contributed by atoms with Gasteiger partial charge in [0, 0.05) is 24.1 Å². The SMILES string of the molecule is Cl.O=C1OC(CCCN2C[C@H]3C[C@@]3(c3ccc(Cl)c(Cl)c3)C2)c2ccccc21. The normalized spacial score (nSPS) is 27.7. The topological polar surface area (TPSA) is 29.5 Å². The van der Waals surface area contributed by atoms with Gasteiger partial charge >= 0.3 is 5.97 Å². The Kier molecular flexibility index (Phi) is 5.39. The van der Waals surface area contributed by atoms with Crippen LogP contribution >= 0.6 is 35.6 Å². The first-order chi connectivity index (χ1) is 13.1. The van der Waals surface area contributed by atoms with Gasteiger partial charge in [-0.25, -0.2) is 4.79 Å². The Bertz CT molecular complexity index is 918. The number of likely N-dealkylation sites (tertiary alicyclic amines) is 1. The van der Waals surface area contributed by atoms with E-state index in [9.17, 15) is 4.79 Å². The Morgan fingerprint density at radius 2 is 1.96 bits per heavy atom. The highest BCUT2D eigenvalue weighted by Crippen LogP contribution is 2.59. The van der Waals surface area contributed by atoms with E-state index in [0.717, 1.165) is 49.5 Å². The average molecular weight is 439 g/mol. The minimum absolute atomic E-state index is 0. The molecule has 3 aliphatic rings. The minimum Gasteiger partial charge on any atom is -0.454 e. The molecule has 148 valence electrons. The lowest BCUT2D eigenvalue weighted by atomic mass is 9.95. The number of ether oxygens (including phenoxy) is 1. The van der Waals surface area contributed by atoms with Crippen LogP contribution in [-0.4, -0.2) is 30.5 Å². The maximum atomic E-state index is 11.9. The molecule has 2 aromatic rings. The van der Waals surface area contributed by atoms with Crippen molar-refractivity contribution in [2.45, 2.75) is 30.8 Å². The van der Waals surface area contributed by atoms with E-state index >= 15 is 0 Å². The van der Waals surface area contributed by atoms with Gasteiger partial charge in [-0.2, -0.15) is 0 Å². The highest BCUT2D eigenvalue weighted by molar-refractivity contribution is 6.42. The molecule has 2 heterocycles. The molecule has 28 heavy (non-hydrogen) atoms. The Labute approximate surface area is 181 Å². The molecule has 1 aliphatic carbocycles. The van der Waals surface area contributed by atoms with Gasteiger partial charge in [0.1, 0.15) is 6.10 Å². The molecule has 0 N–H and O–H groups in total. The fourth-order valence-electron chi connectivity index (χ4n) is 4.94. The van der Waals surface area contributed by atoms with Gasteiger partial charge in [-0.15, -0.1) is 12.4 Å². The van der Waals surface area contributed by atoms with E-state index in [0.29, 0.717) is 10.0 Å². The number of cyclic esters (lactones) is 1. The third-order valence-corrected chi connectivity index (χ3v) is 7.17. The molecule has 0 bridgehead atoms. The number of nitrogens with zero attached hydrogens (tertiary/aromatic N) is 1. The molecule has 5 rings (SSSR count). The lowest BCUT2D eigenvalue weighted by Gasteiger charge is -2.22. The van der Waals surface area contributed by atoms with Crippen molar-refractivity contribution in [3.8, 4) is 0 Å². The van der Waals surface area contributed by atoms with Crippen molar-refractivity contribution < 1.29 is 9.53 Å². The number of piperidine rings is 1. The zero-order valence-corrected chi connectivity index (χ0v) is 17.7. The lowest BCUT2D eigenvalue weighted by molar-refractivity contribution is 0.0359. The van der Waals surface area contributed by atoms with Gasteiger partial charge in [-0.05, 0) is 55.5 Å². The molecule has 1 saturated heterocycles. The summed E-state index contributed by atoms with van der Waals surface area (Å²) in [6.45, 7) is 3.26. The van der Waals surface area contributed by atoms with E-state index in [1.165, 1.54) is 12.0 Å². The Morgan fingerprint density at radius 1 is 1.14 bits per heavy atom. The standard InChI is InChI=1S/C22H21Cl2NO2.ClH/c23-18-8-7-14(10-19(18)24)22-11-15(22)12-25(13-22)9-3-6-20-16-4-1-2-5-17(16)21(26)27-20;/h1-2,4-5,7-8,10,15,20H,3,6,9,11-13H2;1H/t15-,20?,22+;/m1./s1. The van der Waals surface area contributed by atoms with E-state index in [1.54, 1.807) is 0 Å². The second kappa shape index (κ2) is 7.53. The number of halogens is 3. The predicted molar refractivity (Wildman–Crippen MR) is 114 cm³/mol. The quantitative estimate of drug-likeness (QED) is 0.562. The molecular weight excluding hydrogens is 417 g/mol. The maximum absolute atomic E-state index is 11.9. The van der Waals surface area contributed by atoms with Crippen LogP contribution in [0.5, 0.6) is 0 Å². The van der Waals surface area contributed by atoms with Crippen molar-refractivity contribution in [2.75, 3.05) is 19.6 Å². The summed E-state index contributed by atoms with van der Waals surface area (Å²) >= 11 is 12.3. The number of esters is 1. The van der Waals surface area contributed by atoms with Crippen molar-refractivity contribution in [3.63, 3.8) is 0 Å². The van der Waals surface area contributed by atoms with Crippen LogP contribution in [0.1, 0.15) is 46.9 Å². The highest BCUT2D eigenvalue weighted by atomic mass is 35.5. The fraction of sp³-hybridized carbons (Fsp3) is 0.409. The minimum atomic E-state index is -0.184. The van der Waals surface area contributed by atoms with Crippen LogP contribution in [0.4, 0.5) is 0 Å². The van der Waals surface area contributed by atoms with Crippen LogP contribution < -0.4 is 0 Å². The Balaban J connectivity index is 0.00000192. The largest absolute Gasteiger partial charge is 0.454 e. The second-order valence-corrected chi connectivity index (χ2v) is 8.86. The molecule has 6 heteroatoms. The summed E-state index contributed by atoms with van der Waals surface area (Å²) in [4.78, 5) is 14.5. The lowest BCUT2D eigenvalue weighted by Crippen LogP contribution is -2.27. The molecule has 3 nitrogen and oxygen atoms in total. The van der Waals surface area contributed by atoms with Gasteiger partial charge in [-0.1, -0.05) is 47.5 Å². The van der Waals surface area contributed by atoms with Crippen LogP contribution in [0, 0.1) is 5.92 Å². The summed E-state index contributed by atoms with van der Waals surface area (Å²) in [6, 6.07) is 13.8. The highest BCUT2D eigenvalue weighted by Gasteiger charge is 2.60. The smallest absolute Gasteiger partial charge is 0.339 e. The van der Waals surface area contributed by atoms with Crippen LogP contribution in [0.15, 0.2) is 42.5 Å². The molecule has 1 saturated carbocycles. The zero-order valence-electron chi connectivity index (χ0n) is 15.4. The van der Waals surface area contributed by atoms with Crippen LogP contribution in [0.3, 0.4) is 0 Å². The van der Waals surface area contributed by atoms with Crippen molar-refractivity contribution in [1.29, 1.82) is 0 Å². The van der Waals surface area contributed by atoms with Crippen LogP contribution in [-0.2, 0) is 10.2 Å². The third kappa shape index (κ3) is 3.33. The first-order valence-electron chi connectivity index (χ1n) is 9.55. The van der Waals surface area contributed by atoms with Crippen LogP contribution in [0.25, 0.3) is 0 Å². The molecule has 0 spiro atoms. The number of carbonyl (C=O) groups is 1. The summed E-state index contributed by atoms with van der Waals surface area (Å²) in [5.74, 6) is 0.538. The summed E-state index contributed by atoms with van der Waals surface area (Å²) in [5, 5.41) is 1.27. The molecule has 0 aromatic heterocycles. The first kappa shape index (κ1) is 20.0. The van der Waals surface area contributed by atoms with E-state index in [-0.39, 0.29) is 29.9 Å². The fourth-order valence-corrected chi connectivity index (χ4v) is 5.24. The number of carbonyl (C=O) groups excluding carboxylic acids is 1. The monoisotopic (exact) mass is 437 g/mol. The van der Waals surface area contributed by atoms with Crippen molar-refractivity contribution in [1.82, 2.24) is 4.90 Å². The molecule has 2 aliphatic heterocycles. The summed E-state index contributed by atoms with van der Waals surface area (Å²) in [6.07, 6.45) is 3.06. The van der Waals surface area contributed by atoms with Gasteiger partial charge in [0.25, 0.3) is 0 Å². The molecule has 0 radical (unpaired) electrons. The third-order valence-electron chi connectivity index (χ3n) is 6.43. The van der Waals surface area contributed by atoms with Gasteiger partial charge in [0.05, 0.1) is 15.6 Å². The Hall–Kier alpha value is -1.26. The maximum Gasteiger partial charge on any atom is 0.339 e. The van der Waals surface area contributed by atoms with E-state index in [4.69, 9.17) is 27.9 Å². The molecule has 2 aromatic carbocycles. The predicted octanol–water partition coefficient (Wildman–Crippen LogP) is 5.68. The van der Waals surface area contributed by atoms with E-state index in [1.807, 2.05) is 36.4 Å². The summed E-state index contributed by atoms with van der Waals surface area (Å²) < 4.78 is 5.56. The summed E-state index contributed by atoms with van der Waals surface area (Å²) in [7, 11) is 0. The van der Waals surface area contributed by atoms with Crippen molar-refractivity contribution in [3.05, 3.63) is 69.2 Å². The average Bonchev–Trinajstić information content (AvgIpc) is 3.09. The molecule has 2 fully saturated rings. The summed E-state index contributed by atoms with van der Waals surface area (Å²) in [5.41, 5.74) is 3.35. The number of hydrogen-bond donors (Lipinski definition) is 0. The number of fused-ring (bicyclic) bond motifs is 2. The first-order valence-corrected chi connectivity index (χ1v) is 10.3. The zero-order chi connectivity index (χ0) is 18.6. The van der Waals surface area contributed by atoms with Crippen molar-refractivity contribution in [2.24, 2.45) is 5.92 Å². The van der Waals surface area contributed by atoms with Gasteiger partial charge in [-0.3, -0.25) is 0 Å². The number of rotatable bonds is 5. The molecule has 1 unspecified atom stereocenters. The van der Waals surface area contributed by atoms with Crippen LogP contribution in [0.2, 0.25) is 10.0 Å². The van der Waals surface area contributed by atoms with E-state index in [2.05, 4.69) is 11.0 Å². The van der Waals surface area contributed by atoms with Gasteiger partial charge < -0.3 is 9.64 Å². The number of hydrogen-bond acceptors (Lipinski definition) is 3. The molecule has 0 amide bonds. The van der Waals surface area contributed by atoms with Crippen molar-refractivity contribution >= 4 is 41.6 Å². The molecule has 3 atom stereocenters. The van der Waals surface area contributed by atoms with Gasteiger partial charge in [0.15, 0.2) is 0 Å².